The number of halogens is 2. The molecule has 0 saturated carbocycles. The van der Waals surface area contributed by atoms with Gasteiger partial charge in [0.05, 0.1) is 17.6 Å². The highest BCUT2D eigenvalue weighted by Gasteiger charge is 2.18. The molecule has 2 aromatic carbocycles. The smallest absolute Gasteiger partial charge is 0.142 e. The van der Waals surface area contributed by atoms with E-state index < -0.39 is 6.04 Å². The molecule has 1 atom stereocenters. The van der Waals surface area contributed by atoms with Gasteiger partial charge in [-0.25, -0.2) is 4.39 Å². The van der Waals surface area contributed by atoms with E-state index >= 15 is 0 Å². The molecule has 0 heterocycles. The Balaban J connectivity index is 2.51. The third kappa shape index (κ3) is 2.72. The molecule has 106 valence electrons. The number of benzene rings is 2. The van der Waals surface area contributed by atoms with Crippen molar-refractivity contribution in [2.75, 3.05) is 7.11 Å². The monoisotopic (exact) mass is 337 g/mol. The van der Waals surface area contributed by atoms with Gasteiger partial charge in [0, 0.05) is 5.56 Å². The summed E-state index contributed by atoms with van der Waals surface area (Å²) in [4.78, 5) is 0. The fourth-order valence-electron chi connectivity index (χ4n) is 2.30. The number of aryl methyl sites for hydroxylation is 2. The lowest BCUT2D eigenvalue weighted by Crippen LogP contribution is -2.15. The minimum Gasteiger partial charge on any atom is -0.496 e. The van der Waals surface area contributed by atoms with Crippen LogP contribution in [0.4, 0.5) is 4.39 Å². The molecule has 2 N–H and O–H groups in total. The van der Waals surface area contributed by atoms with Crippen molar-refractivity contribution < 1.29 is 9.13 Å². The highest BCUT2D eigenvalue weighted by atomic mass is 79.9. The summed E-state index contributed by atoms with van der Waals surface area (Å²) >= 11 is 3.19. The first-order valence-electron chi connectivity index (χ1n) is 6.30. The molecule has 0 bridgehead atoms. The lowest BCUT2D eigenvalue weighted by molar-refractivity contribution is 0.411. The second kappa shape index (κ2) is 5.94. The number of hydrogen-bond acceptors (Lipinski definition) is 2. The van der Waals surface area contributed by atoms with Crippen LogP contribution in [-0.2, 0) is 0 Å². The van der Waals surface area contributed by atoms with E-state index in [0.29, 0.717) is 10.0 Å². The summed E-state index contributed by atoms with van der Waals surface area (Å²) in [5, 5.41) is 0. The van der Waals surface area contributed by atoms with Gasteiger partial charge in [-0.3, -0.25) is 0 Å². The summed E-state index contributed by atoms with van der Waals surface area (Å²) in [7, 11) is 1.63. The maximum atomic E-state index is 14.2. The first kappa shape index (κ1) is 15.0. The second-order valence-electron chi connectivity index (χ2n) is 4.80. The van der Waals surface area contributed by atoms with Gasteiger partial charge in [0.2, 0.25) is 0 Å². The summed E-state index contributed by atoms with van der Waals surface area (Å²) in [5.41, 5.74) is 9.60. The summed E-state index contributed by atoms with van der Waals surface area (Å²) in [5.74, 6) is 0.501. The van der Waals surface area contributed by atoms with Crippen LogP contribution >= 0.6 is 15.9 Å². The number of hydrogen-bond donors (Lipinski definition) is 1. The number of methoxy groups -OCH3 is 1. The molecular formula is C16H17BrFNO. The van der Waals surface area contributed by atoms with Gasteiger partial charge in [-0.2, -0.15) is 0 Å². The van der Waals surface area contributed by atoms with Crippen LogP contribution in [0.25, 0.3) is 0 Å². The van der Waals surface area contributed by atoms with Gasteiger partial charge >= 0.3 is 0 Å². The summed E-state index contributed by atoms with van der Waals surface area (Å²) < 4.78 is 19.9. The first-order chi connectivity index (χ1) is 9.45. The normalized spacial score (nSPS) is 12.3. The molecule has 0 fully saturated rings. The summed E-state index contributed by atoms with van der Waals surface area (Å²) in [6, 6.07) is 8.55. The minimum atomic E-state index is -0.503. The van der Waals surface area contributed by atoms with Crippen LogP contribution in [0.2, 0.25) is 0 Å². The fourth-order valence-corrected chi connectivity index (χ4v) is 2.68. The van der Waals surface area contributed by atoms with Gasteiger partial charge in [0.1, 0.15) is 11.6 Å². The summed E-state index contributed by atoms with van der Waals surface area (Å²) in [6.45, 7) is 3.90. The lowest BCUT2D eigenvalue weighted by Gasteiger charge is -2.18. The maximum Gasteiger partial charge on any atom is 0.142 e. The molecule has 0 aliphatic heterocycles. The van der Waals surface area contributed by atoms with E-state index in [1.165, 1.54) is 0 Å². The SMILES string of the molecule is COc1cc(C)c(C(N)c2cccc(Br)c2F)cc1C. The predicted octanol–water partition coefficient (Wildman–Crippen LogP) is 4.26. The van der Waals surface area contributed by atoms with Crippen LogP contribution in [0.5, 0.6) is 5.75 Å². The quantitative estimate of drug-likeness (QED) is 0.907. The molecule has 1 unspecified atom stereocenters. The molecule has 20 heavy (non-hydrogen) atoms. The van der Waals surface area contributed by atoms with Gasteiger partial charge in [-0.05, 0) is 58.6 Å². The van der Waals surface area contributed by atoms with Crippen molar-refractivity contribution >= 4 is 15.9 Å². The van der Waals surface area contributed by atoms with E-state index in [4.69, 9.17) is 10.5 Å². The molecule has 0 amide bonds. The predicted molar refractivity (Wildman–Crippen MR) is 82.6 cm³/mol. The van der Waals surface area contributed by atoms with Crippen molar-refractivity contribution in [1.82, 2.24) is 0 Å². The Morgan fingerprint density at radius 1 is 1.15 bits per heavy atom. The number of rotatable bonds is 3. The van der Waals surface area contributed by atoms with Crippen molar-refractivity contribution in [3.05, 3.63) is 62.9 Å². The van der Waals surface area contributed by atoms with Gasteiger partial charge in [-0.1, -0.05) is 18.2 Å². The molecule has 2 rings (SSSR count). The molecule has 0 saturated heterocycles. The number of nitrogens with two attached hydrogens (primary N) is 1. The maximum absolute atomic E-state index is 14.2. The molecule has 0 spiro atoms. The molecule has 2 nitrogen and oxygen atoms in total. The third-order valence-electron chi connectivity index (χ3n) is 3.44. The topological polar surface area (TPSA) is 35.2 Å². The summed E-state index contributed by atoms with van der Waals surface area (Å²) in [6.07, 6.45) is 0. The Morgan fingerprint density at radius 2 is 1.85 bits per heavy atom. The van der Waals surface area contributed by atoms with Crippen molar-refractivity contribution in [2.45, 2.75) is 19.9 Å². The zero-order valence-electron chi connectivity index (χ0n) is 11.7. The average molecular weight is 338 g/mol. The third-order valence-corrected chi connectivity index (χ3v) is 4.05. The zero-order valence-corrected chi connectivity index (χ0v) is 13.3. The van der Waals surface area contributed by atoms with Crippen molar-refractivity contribution in [2.24, 2.45) is 5.73 Å². The van der Waals surface area contributed by atoms with E-state index in [1.807, 2.05) is 26.0 Å². The Bertz CT molecular complexity index is 643. The highest BCUT2D eigenvalue weighted by molar-refractivity contribution is 9.10. The van der Waals surface area contributed by atoms with Crippen LogP contribution in [0, 0.1) is 19.7 Å². The molecular weight excluding hydrogens is 321 g/mol. The van der Waals surface area contributed by atoms with E-state index in [2.05, 4.69) is 15.9 Å². The van der Waals surface area contributed by atoms with Gasteiger partial charge in [-0.15, -0.1) is 0 Å². The van der Waals surface area contributed by atoms with Gasteiger partial charge < -0.3 is 10.5 Å². The van der Waals surface area contributed by atoms with Gasteiger partial charge in [0.25, 0.3) is 0 Å². The molecule has 0 aliphatic carbocycles. The molecule has 0 aliphatic rings. The Morgan fingerprint density at radius 3 is 2.50 bits per heavy atom. The Hall–Kier alpha value is -1.39. The van der Waals surface area contributed by atoms with Crippen LogP contribution in [0.1, 0.15) is 28.3 Å². The fraction of sp³-hybridized carbons (Fsp3) is 0.250. The zero-order chi connectivity index (χ0) is 14.9. The van der Waals surface area contributed by atoms with E-state index in [-0.39, 0.29) is 5.82 Å². The van der Waals surface area contributed by atoms with E-state index in [0.717, 1.165) is 22.4 Å². The molecule has 0 radical (unpaired) electrons. The standard InChI is InChI=1S/C16H17BrFNO/c1-9-8-14(20-3)10(2)7-12(9)16(19)11-5-4-6-13(17)15(11)18/h4-8,16H,19H2,1-3H3. The van der Waals surface area contributed by atoms with Gasteiger partial charge in [0.15, 0.2) is 0 Å². The highest BCUT2D eigenvalue weighted by Crippen LogP contribution is 2.31. The largest absolute Gasteiger partial charge is 0.496 e. The lowest BCUT2D eigenvalue weighted by atomic mass is 9.93. The van der Waals surface area contributed by atoms with Crippen LogP contribution in [0.3, 0.4) is 0 Å². The average Bonchev–Trinajstić information content (AvgIpc) is 2.43. The molecule has 0 aromatic heterocycles. The molecule has 4 heteroatoms. The van der Waals surface area contributed by atoms with Crippen molar-refractivity contribution in [3.8, 4) is 5.75 Å². The number of ether oxygens (including phenoxy) is 1. The minimum absolute atomic E-state index is 0.312. The first-order valence-corrected chi connectivity index (χ1v) is 7.09. The van der Waals surface area contributed by atoms with E-state index in [1.54, 1.807) is 25.3 Å². The molecule has 2 aromatic rings. The van der Waals surface area contributed by atoms with Crippen LogP contribution in [0.15, 0.2) is 34.8 Å². The van der Waals surface area contributed by atoms with E-state index in [9.17, 15) is 4.39 Å². The van der Waals surface area contributed by atoms with Crippen molar-refractivity contribution in [3.63, 3.8) is 0 Å². The Labute approximate surface area is 126 Å². The van der Waals surface area contributed by atoms with Crippen molar-refractivity contribution in [1.29, 1.82) is 0 Å². The van der Waals surface area contributed by atoms with Crippen LogP contribution < -0.4 is 10.5 Å². The Kier molecular flexibility index (Phi) is 4.45. The van der Waals surface area contributed by atoms with Crippen LogP contribution in [-0.4, -0.2) is 7.11 Å². The second-order valence-corrected chi connectivity index (χ2v) is 5.65.